The van der Waals surface area contributed by atoms with Gasteiger partial charge in [0.25, 0.3) is 0 Å². The quantitative estimate of drug-likeness (QED) is 0.668. The second-order valence-corrected chi connectivity index (χ2v) is 6.82. The molecular weight excluding hydrogens is 360 g/mol. The van der Waals surface area contributed by atoms with Crippen molar-refractivity contribution in [2.24, 2.45) is 0 Å². The third-order valence-corrected chi connectivity index (χ3v) is 4.71. The van der Waals surface area contributed by atoms with Crippen molar-refractivity contribution in [3.63, 3.8) is 0 Å². The first kappa shape index (κ1) is 17.6. The number of hydrogen-bond donors (Lipinski definition) is 1. The first-order valence-corrected chi connectivity index (χ1v) is 8.93. The summed E-state index contributed by atoms with van der Waals surface area (Å²) >= 11 is 7.25. The van der Waals surface area contributed by atoms with Gasteiger partial charge in [-0.1, -0.05) is 41.6 Å². The third kappa shape index (κ3) is 4.24. The van der Waals surface area contributed by atoms with E-state index >= 15 is 0 Å². The number of methoxy groups -OCH3 is 1. The maximum absolute atomic E-state index is 12.4. The minimum Gasteiger partial charge on any atom is -0.496 e. The number of rotatable bonds is 6. The van der Waals surface area contributed by atoms with Crippen molar-refractivity contribution in [2.75, 3.05) is 19.9 Å². The van der Waals surface area contributed by atoms with Gasteiger partial charge < -0.3 is 14.6 Å². The fourth-order valence-corrected chi connectivity index (χ4v) is 3.31. The molecule has 0 atom stereocenters. The van der Waals surface area contributed by atoms with Crippen molar-refractivity contribution in [3.05, 3.63) is 47.1 Å². The van der Waals surface area contributed by atoms with Gasteiger partial charge in [-0.25, -0.2) is 9.97 Å². The molecule has 0 unspecified atom stereocenters. The highest BCUT2D eigenvalue weighted by Gasteiger charge is 2.14. The Hall–Kier alpha value is -2.25. The van der Waals surface area contributed by atoms with E-state index in [4.69, 9.17) is 16.3 Å². The van der Waals surface area contributed by atoms with Crippen LogP contribution in [0, 0.1) is 0 Å². The van der Waals surface area contributed by atoms with Crippen LogP contribution in [0.5, 0.6) is 5.75 Å². The van der Waals surface area contributed by atoms with E-state index < -0.39 is 0 Å². The Morgan fingerprint density at radius 2 is 2.20 bits per heavy atom. The second-order valence-electron chi connectivity index (χ2n) is 5.42. The van der Waals surface area contributed by atoms with Crippen LogP contribution in [0.3, 0.4) is 0 Å². The minimum absolute atomic E-state index is 0.00218. The van der Waals surface area contributed by atoms with Crippen LogP contribution in [0.2, 0.25) is 5.02 Å². The summed E-state index contributed by atoms with van der Waals surface area (Å²) in [5, 5.41) is 1.18. The first-order chi connectivity index (χ1) is 12.1. The summed E-state index contributed by atoms with van der Waals surface area (Å²) in [6.07, 6.45) is 1.55. The van der Waals surface area contributed by atoms with E-state index in [1.165, 1.54) is 11.8 Å². The summed E-state index contributed by atoms with van der Waals surface area (Å²) in [7, 11) is 3.40. The number of benzene rings is 1. The molecule has 25 heavy (non-hydrogen) atoms. The number of aromatic amines is 1. The van der Waals surface area contributed by atoms with Crippen LogP contribution in [-0.2, 0) is 11.3 Å². The van der Waals surface area contributed by atoms with Crippen LogP contribution in [0.25, 0.3) is 11.2 Å². The van der Waals surface area contributed by atoms with Gasteiger partial charge in [-0.2, -0.15) is 0 Å². The highest BCUT2D eigenvalue weighted by Crippen LogP contribution is 2.22. The van der Waals surface area contributed by atoms with Gasteiger partial charge in [0.1, 0.15) is 5.75 Å². The molecule has 0 radical (unpaired) electrons. The molecule has 1 aromatic carbocycles. The van der Waals surface area contributed by atoms with Crippen LogP contribution in [0.15, 0.2) is 41.7 Å². The van der Waals surface area contributed by atoms with E-state index in [2.05, 4.69) is 15.0 Å². The number of imidazole rings is 1. The van der Waals surface area contributed by atoms with Gasteiger partial charge in [0.15, 0.2) is 10.8 Å². The fraction of sp³-hybridized carbons (Fsp3) is 0.235. The maximum Gasteiger partial charge on any atom is 0.233 e. The largest absolute Gasteiger partial charge is 0.496 e. The number of fused-ring (bicyclic) bond motifs is 1. The van der Waals surface area contributed by atoms with Crippen molar-refractivity contribution in [1.29, 1.82) is 0 Å². The van der Waals surface area contributed by atoms with Crippen molar-refractivity contribution in [2.45, 2.75) is 11.7 Å². The zero-order valence-electron chi connectivity index (χ0n) is 13.8. The lowest BCUT2D eigenvalue weighted by Gasteiger charge is -2.18. The molecule has 0 aliphatic heterocycles. The van der Waals surface area contributed by atoms with Crippen molar-refractivity contribution >= 4 is 40.4 Å². The Kier molecular flexibility index (Phi) is 5.45. The molecule has 3 aromatic rings. The molecule has 3 rings (SSSR count). The topological polar surface area (TPSA) is 71.1 Å². The average molecular weight is 377 g/mol. The van der Waals surface area contributed by atoms with E-state index in [0.717, 1.165) is 16.8 Å². The average Bonchev–Trinajstić information content (AvgIpc) is 3.02. The summed E-state index contributed by atoms with van der Waals surface area (Å²) < 4.78 is 5.32. The van der Waals surface area contributed by atoms with Crippen molar-refractivity contribution in [3.8, 4) is 5.75 Å². The number of carbonyl (C=O) groups is 1. The number of ether oxygens (including phenoxy) is 1. The Labute approximate surface area is 154 Å². The number of amides is 1. The standard InChI is InChI=1S/C17H17ClN4O2S/c1-22(9-11-5-3-4-6-14(11)24-2)15(23)10-25-17-20-13-7-12(18)8-19-16(13)21-17/h3-8H,9-10H2,1-2H3,(H,19,20,21). The number of nitrogens with one attached hydrogen (secondary N) is 1. The second kappa shape index (κ2) is 7.76. The minimum atomic E-state index is 0.00218. The number of hydrogen-bond acceptors (Lipinski definition) is 5. The number of carbonyl (C=O) groups excluding carboxylic acids is 1. The van der Waals surface area contributed by atoms with Crippen LogP contribution in [0.1, 0.15) is 5.56 Å². The van der Waals surface area contributed by atoms with Crippen LogP contribution < -0.4 is 4.74 Å². The first-order valence-electron chi connectivity index (χ1n) is 7.56. The van der Waals surface area contributed by atoms with Gasteiger partial charge in [0.05, 0.1) is 23.4 Å². The van der Waals surface area contributed by atoms with Crippen LogP contribution in [-0.4, -0.2) is 45.7 Å². The molecule has 8 heteroatoms. The summed E-state index contributed by atoms with van der Waals surface area (Å²) in [5.74, 6) is 1.05. The molecule has 6 nitrogen and oxygen atoms in total. The molecule has 0 saturated heterocycles. The lowest BCUT2D eigenvalue weighted by Crippen LogP contribution is -2.28. The molecule has 130 valence electrons. The number of para-hydroxylation sites is 1. The smallest absolute Gasteiger partial charge is 0.233 e. The highest BCUT2D eigenvalue weighted by molar-refractivity contribution is 7.99. The number of nitrogens with zero attached hydrogens (tertiary/aromatic N) is 3. The summed E-state index contributed by atoms with van der Waals surface area (Å²) in [4.78, 5) is 25.6. The van der Waals surface area contributed by atoms with Gasteiger partial charge >= 0.3 is 0 Å². The normalized spacial score (nSPS) is 10.8. The molecule has 0 bridgehead atoms. The molecule has 1 amide bonds. The number of pyridine rings is 1. The van der Waals surface area contributed by atoms with Gasteiger partial charge in [-0.3, -0.25) is 4.79 Å². The molecule has 0 saturated carbocycles. The Bertz CT molecular complexity index is 899. The lowest BCUT2D eigenvalue weighted by molar-refractivity contribution is -0.127. The summed E-state index contributed by atoms with van der Waals surface area (Å²) in [6.45, 7) is 0.487. The van der Waals surface area contributed by atoms with Crippen LogP contribution in [0.4, 0.5) is 0 Å². The van der Waals surface area contributed by atoms with Gasteiger partial charge in [-0.15, -0.1) is 0 Å². The van der Waals surface area contributed by atoms with E-state index in [1.54, 1.807) is 31.3 Å². The van der Waals surface area contributed by atoms with E-state index in [0.29, 0.717) is 22.4 Å². The molecule has 1 N–H and O–H groups in total. The molecular formula is C17H17ClN4O2S. The maximum atomic E-state index is 12.4. The fourth-order valence-electron chi connectivity index (χ4n) is 2.34. The highest BCUT2D eigenvalue weighted by atomic mass is 35.5. The predicted molar refractivity (Wildman–Crippen MR) is 99.1 cm³/mol. The zero-order chi connectivity index (χ0) is 17.8. The molecule has 0 spiro atoms. The Morgan fingerprint density at radius 3 is 3.00 bits per heavy atom. The SMILES string of the molecule is COc1ccccc1CN(C)C(=O)CSc1nc2ncc(Cl)cc2[nH]1. The summed E-state index contributed by atoms with van der Waals surface area (Å²) in [5.41, 5.74) is 2.31. The summed E-state index contributed by atoms with van der Waals surface area (Å²) in [6, 6.07) is 9.43. The zero-order valence-corrected chi connectivity index (χ0v) is 15.4. The van der Waals surface area contributed by atoms with Crippen LogP contribution >= 0.6 is 23.4 Å². The van der Waals surface area contributed by atoms with E-state index in [9.17, 15) is 4.79 Å². The number of H-pyrrole nitrogens is 1. The number of halogens is 1. The molecule has 2 aromatic heterocycles. The van der Waals surface area contributed by atoms with Gasteiger partial charge in [0.2, 0.25) is 5.91 Å². The molecule has 0 aliphatic carbocycles. The predicted octanol–water partition coefficient (Wildman–Crippen LogP) is 3.37. The number of aromatic nitrogens is 3. The number of thioether (sulfide) groups is 1. The van der Waals surface area contributed by atoms with Gasteiger partial charge in [0, 0.05) is 25.4 Å². The Morgan fingerprint density at radius 1 is 1.40 bits per heavy atom. The van der Waals surface area contributed by atoms with E-state index in [-0.39, 0.29) is 11.7 Å². The lowest BCUT2D eigenvalue weighted by atomic mass is 10.2. The molecule has 2 heterocycles. The molecule has 0 fully saturated rings. The van der Waals surface area contributed by atoms with Crippen molar-refractivity contribution < 1.29 is 9.53 Å². The van der Waals surface area contributed by atoms with E-state index in [1.807, 2.05) is 24.3 Å². The van der Waals surface area contributed by atoms with Crippen molar-refractivity contribution in [1.82, 2.24) is 19.9 Å². The third-order valence-electron chi connectivity index (χ3n) is 3.64. The van der Waals surface area contributed by atoms with Gasteiger partial charge in [-0.05, 0) is 12.1 Å². The molecule has 0 aliphatic rings. The Balaban J connectivity index is 1.61. The monoisotopic (exact) mass is 376 g/mol.